The van der Waals surface area contributed by atoms with E-state index in [2.05, 4.69) is 58.4 Å². The zero-order valence-electron chi connectivity index (χ0n) is 20.3. The van der Waals surface area contributed by atoms with Crippen molar-refractivity contribution in [3.05, 3.63) is 54.1 Å². The predicted octanol–water partition coefficient (Wildman–Crippen LogP) is 4.94. The van der Waals surface area contributed by atoms with Crippen molar-refractivity contribution in [1.82, 2.24) is 15.2 Å². The Labute approximate surface area is 206 Å². The molecule has 0 saturated carbocycles. The van der Waals surface area contributed by atoms with Crippen LogP contribution in [0.3, 0.4) is 0 Å². The van der Waals surface area contributed by atoms with E-state index in [-0.39, 0.29) is 11.8 Å². The zero-order chi connectivity index (χ0) is 23.8. The molecule has 1 aliphatic rings. The lowest BCUT2D eigenvalue weighted by molar-refractivity contribution is -0.125. The van der Waals surface area contributed by atoms with E-state index in [4.69, 9.17) is 9.72 Å². The number of rotatable bonds is 11. The molecular weight excluding hydrogens is 444 g/mol. The molecule has 2 heterocycles. The van der Waals surface area contributed by atoms with E-state index in [1.165, 1.54) is 5.56 Å². The predicted molar refractivity (Wildman–Crippen MR) is 141 cm³/mol. The molecule has 4 rings (SSSR count). The fourth-order valence-electron chi connectivity index (χ4n) is 4.50. The van der Waals surface area contributed by atoms with Crippen molar-refractivity contribution in [2.24, 2.45) is 5.92 Å². The monoisotopic (exact) mass is 480 g/mol. The minimum atomic E-state index is 0.0198. The first kappa shape index (κ1) is 24.5. The third-order valence-electron chi connectivity index (χ3n) is 6.37. The summed E-state index contributed by atoms with van der Waals surface area (Å²) in [6, 6.07) is 16.6. The summed E-state index contributed by atoms with van der Waals surface area (Å²) in [5, 5.41) is 4.19. The molecule has 0 spiro atoms. The van der Waals surface area contributed by atoms with E-state index >= 15 is 0 Å². The molecule has 1 unspecified atom stereocenters. The molecule has 2 aromatic carbocycles. The Kier molecular flexibility index (Phi) is 8.77. The molecule has 182 valence electrons. The van der Waals surface area contributed by atoms with Gasteiger partial charge in [0, 0.05) is 32.7 Å². The molecule has 0 aliphatic carbocycles. The minimum absolute atomic E-state index is 0.0198. The van der Waals surface area contributed by atoms with E-state index < -0.39 is 0 Å². The van der Waals surface area contributed by atoms with Gasteiger partial charge < -0.3 is 15.0 Å². The van der Waals surface area contributed by atoms with Gasteiger partial charge in [-0.2, -0.15) is 0 Å². The van der Waals surface area contributed by atoms with Gasteiger partial charge in [0.25, 0.3) is 0 Å². The Bertz CT molecular complexity index is 1060. The lowest BCUT2D eigenvalue weighted by Gasteiger charge is -2.31. The van der Waals surface area contributed by atoms with Gasteiger partial charge in [0.05, 0.1) is 22.7 Å². The average Bonchev–Trinajstić information content (AvgIpc) is 3.30. The van der Waals surface area contributed by atoms with Crippen LogP contribution in [-0.2, 0) is 11.3 Å². The number of hydrogen-bond donors (Lipinski definition) is 1. The number of nitrogens with zero attached hydrogens (tertiary/aromatic N) is 3. The van der Waals surface area contributed by atoms with Crippen LogP contribution in [0.15, 0.2) is 48.5 Å². The minimum Gasteiger partial charge on any atom is -0.494 e. The van der Waals surface area contributed by atoms with Crippen LogP contribution < -0.4 is 15.0 Å². The number of hydrogen-bond acceptors (Lipinski definition) is 6. The molecule has 1 fully saturated rings. The number of carbonyl (C=O) groups is 1. The molecule has 34 heavy (non-hydrogen) atoms. The largest absolute Gasteiger partial charge is 0.494 e. The van der Waals surface area contributed by atoms with Crippen molar-refractivity contribution in [2.75, 3.05) is 44.2 Å². The van der Waals surface area contributed by atoms with Crippen molar-refractivity contribution < 1.29 is 9.53 Å². The number of benzene rings is 2. The maximum atomic E-state index is 12.9. The van der Waals surface area contributed by atoms with Gasteiger partial charge in [-0.25, -0.2) is 4.98 Å². The molecule has 1 atom stereocenters. The number of amides is 1. The highest BCUT2D eigenvalue weighted by Gasteiger charge is 2.27. The van der Waals surface area contributed by atoms with Crippen molar-refractivity contribution in [3.8, 4) is 5.75 Å². The summed E-state index contributed by atoms with van der Waals surface area (Å²) >= 11 is 1.68. The number of thiazole rings is 1. The van der Waals surface area contributed by atoms with Crippen LogP contribution in [0.4, 0.5) is 5.13 Å². The summed E-state index contributed by atoms with van der Waals surface area (Å²) in [4.78, 5) is 22.4. The summed E-state index contributed by atoms with van der Waals surface area (Å²) in [6.45, 7) is 10.2. The lowest BCUT2D eigenvalue weighted by atomic mass is 9.97. The molecule has 1 aliphatic heterocycles. The first-order valence-corrected chi connectivity index (χ1v) is 13.3. The standard InChI is InChI=1S/C27H36N4O2S/c1-3-30(19-21-10-6-5-7-11-21)16-9-15-28-26(32)22-12-8-17-31(20-22)27-29-24-14-13-23(33-4-2)18-25(24)34-27/h5-7,10-11,13-14,18,22H,3-4,8-9,12,15-17,19-20H2,1-2H3,(H,28,32). The molecule has 7 heteroatoms. The van der Waals surface area contributed by atoms with E-state index in [0.29, 0.717) is 6.61 Å². The summed E-state index contributed by atoms with van der Waals surface area (Å²) < 4.78 is 6.75. The van der Waals surface area contributed by atoms with Gasteiger partial charge in [-0.3, -0.25) is 9.69 Å². The van der Waals surface area contributed by atoms with Gasteiger partial charge in [-0.05, 0) is 56.5 Å². The number of carbonyl (C=O) groups excluding carboxylic acids is 1. The summed E-state index contributed by atoms with van der Waals surface area (Å²) in [5.74, 6) is 1.08. The molecule has 1 N–H and O–H groups in total. The highest BCUT2D eigenvalue weighted by Crippen LogP contribution is 2.33. The van der Waals surface area contributed by atoms with Crippen LogP contribution in [0.5, 0.6) is 5.75 Å². The number of nitrogens with one attached hydrogen (secondary N) is 1. The topological polar surface area (TPSA) is 57.7 Å². The lowest BCUT2D eigenvalue weighted by Crippen LogP contribution is -2.43. The van der Waals surface area contributed by atoms with Crippen LogP contribution in [0, 0.1) is 5.92 Å². The second-order valence-corrected chi connectivity index (χ2v) is 9.85. The smallest absolute Gasteiger partial charge is 0.224 e. The van der Waals surface area contributed by atoms with Crippen molar-refractivity contribution >= 4 is 32.6 Å². The van der Waals surface area contributed by atoms with E-state index in [1.807, 2.05) is 19.1 Å². The third-order valence-corrected chi connectivity index (χ3v) is 7.45. The molecule has 1 aromatic heterocycles. The molecular formula is C27H36N4O2S. The number of aromatic nitrogens is 1. The molecule has 0 radical (unpaired) electrons. The van der Waals surface area contributed by atoms with Gasteiger partial charge in [-0.1, -0.05) is 48.6 Å². The zero-order valence-corrected chi connectivity index (χ0v) is 21.2. The summed E-state index contributed by atoms with van der Waals surface area (Å²) in [5.41, 5.74) is 2.32. The van der Waals surface area contributed by atoms with Crippen LogP contribution in [0.25, 0.3) is 10.2 Å². The van der Waals surface area contributed by atoms with Crippen molar-refractivity contribution in [1.29, 1.82) is 0 Å². The second kappa shape index (κ2) is 12.2. The second-order valence-electron chi connectivity index (χ2n) is 8.84. The van der Waals surface area contributed by atoms with E-state index in [9.17, 15) is 4.79 Å². The average molecular weight is 481 g/mol. The highest BCUT2D eigenvalue weighted by molar-refractivity contribution is 7.22. The highest BCUT2D eigenvalue weighted by atomic mass is 32.1. The Morgan fingerprint density at radius 3 is 2.88 bits per heavy atom. The van der Waals surface area contributed by atoms with E-state index in [0.717, 1.165) is 79.6 Å². The van der Waals surface area contributed by atoms with Crippen molar-refractivity contribution in [2.45, 2.75) is 39.7 Å². The number of ether oxygens (including phenoxy) is 1. The normalized spacial score (nSPS) is 16.2. The number of piperidine rings is 1. The molecule has 3 aromatic rings. The van der Waals surface area contributed by atoms with Crippen LogP contribution in [0.2, 0.25) is 0 Å². The van der Waals surface area contributed by atoms with Gasteiger partial charge in [-0.15, -0.1) is 0 Å². The molecule has 1 saturated heterocycles. The molecule has 0 bridgehead atoms. The Hall–Kier alpha value is -2.64. The summed E-state index contributed by atoms with van der Waals surface area (Å²) in [7, 11) is 0. The Morgan fingerprint density at radius 1 is 1.24 bits per heavy atom. The van der Waals surface area contributed by atoms with Crippen LogP contribution >= 0.6 is 11.3 Å². The fourth-order valence-corrected chi connectivity index (χ4v) is 5.53. The van der Waals surface area contributed by atoms with Crippen LogP contribution in [-0.4, -0.2) is 55.1 Å². The molecule has 6 nitrogen and oxygen atoms in total. The first-order valence-electron chi connectivity index (χ1n) is 12.5. The fraction of sp³-hybridized carbons (Fsp3) is 0.481. The maximum absolute atomic E-state index is 12.9. The van der Waals surface area contributed by atoms with Gasteiger partial charge in [0.2, 0.25) is 5.91 Å². The molecule has 1 amide bonds. The van der Waals surface area contributed by atoms with Gasteiger partial charge in [0.1, 0.15) is 5.75 Å². The Morgan fingerprint density at radius 2 is 2.09 bits per heavy atom. The maximum Gasteiger partial charge on any atom is 0.224 e. The van der Waals surface area contributed by atoms with Crippen molar-refractivity contribution in [3.63, 3.8) is 0 Å². The van der Waals surface area contributed by atoms with E-state index in [1.54, 1.807) is 11.3 Å². The third kappa shape index (κ3) is 6.48. The van der Waals surface area contributed by atoms with Gasteiger partial charge >= 0.3 is 0 Å². The quantitative estimate of drug-likeness (QED) is 0.394. The number of anilines is 1. The first-order chi connectivity index (χ1) is 16.7. The summed E-state index contributed by atoms with van der Waals surface area (Å²) in [6.07, 6.45) is 2.92. The van der Waals surface area contributed by atoms with Gasteiger partial charge in [0.15, 0.2) is 5.13 Å². The van der Waals surface area contributed by atoms with Crippen LogP contribution in [0.1, 0.15) is 38.7 Å². The SMILES string of the molecule is CCOc1ccc2nc(N3CCCC(C(=O)NCCCN(CC)Cc4ccccc4)C3)sc2c1. The number of fused-ring (bicyclic) bond motifs is 1. The Balaban J connectivity index is 1.25.